The SMILES string of the molecule is CCC(=C/N1CCN(C2CCN(Cc3ccc(F)c(F)c3)CC2)CC1)/C=C(\C)O. The number of halogens is 2. The molecule has 2 aliphatic heterocycles. The first-order valence-electron chi connectivity index (χ1n) is 10.7. The quantitative estimate of drug-likeness (QED) is 0.565. The molecule has 1 N–H and O–H groups in total. The van der Waals surface area contributed by atoms with Crippen molar-refractivity contribution in [2.75, 3.05) is 39.3 Å². The Hall–Kier alpha value is -1.92. The third-order valence-corrected chi connectivity index (χ3v) is 5.96. The molecule has 0 atom stereocenters. The highest BCUT2D eigenvalue weighted by molar-refractivity contribution is 5.19. The van der Waals surface area contributed by atoms with E-state index in [4.69, 9.17) is 0 Å². The second-order valence-electron chi connectivity index (χ2n) is 8.17. The predicted molar refractivity (Wildman–Crippen MR) is 113 cm³/mol. The molecule has 0 unspecified atom stereocenters. The number of aliphatic hydroxyl groups excluding tert-OH is 1. The lowest BCUT2D eigenvalue weighted by Crippen LogP contribution is -2.52. The Labute approximate surface area is 173 Å². The molecule has 2 heterocycles. The van der Waals surface area contributed by atoms with Crippen molar-refractivity contribution in [2.24, 2.45) is 0 Å². The van der Waals surface area contributed by atoms with Gasteiger partial charge in [0.05, 0.1) is 5.76 Å². The van der Waals surface area contributed by atoms with Gasteiger partial charge in [-0.15, -0.1) is 0 Å². The summed E-state index contributed by atoms with van der Waals surface area (Å²) >= 11 is 0. The topological polar surface area (TPSA) is 30.0 Å². The highest BCUT2D eigenvalue weighted by Crippen LogP contribution is 2.21. The van der Waals surface area contributed by atoms with Gasteiger partial charge >= 0.3 is 0 Å². The number of piperazine rings is 1. The van der Waals surface area contributed by atoms with Gasteiger partial charge in [-0.05, 0) is 68.6 Å². The maximum Gasteiger partial charge on any atom is 0.159 e. The molecular formula is C23H33F2N3O. The molecule has 0 aromatic heterocycles. The smallest absolute Gasteiger partial charge is 0.159 e. The van der Waals surface area contributed by atoms with Gasteiger partial charge in [-0.2, -0.15) is 0 Å². The highest BCUT2D eigenvalue weighted by Gasteiger charge is 2.27. The van der Waals surface area contributed by atoms with Gasteiger partial charge in [0.1, 0.15) is 0 Å². The number of hydrogen-bond donors (Lipinski definition) is 1. The van der Waals surface area contributed by atoms with Crippen molar-refractivity contribution in [3.8, 4) is 0 Å². The van der Waals surface area contributed by atoms with Crippen molar-refractivity contribution >= 4 is 0 Å². The normalized spacial score (nSPS) is 21.0. The third kappa shape index (κ3) is 6.28. The molecule has 0 amide bonds. The first-order valence-corrected chi connectivity index (χ1v) is 10.7. The second kappa shape index (κ2) is 10.2. The molecule has 3 rings (SSSR count). The molecule has 2 fully saturated rings. The lowest BCUT2D eigenvalue weighted by molar-refractivity contribution is 0.0709. The van der Waals surface area contributed by atoms with Crippen LogP contribution in [0, 0.1) is 11.6 Å². The summed E-state index contributed by atoms with van der Waals surface area (Å²) in [5.74, 6) is -1.19. The van der Waals surface area contributed by atoms with Crippen LogP contribution < -0.4 is 0 Å². The zero-order valence-electron chi connectivity index (χ0n) is 17.6. The Bertz CT molecular complexity index is 730. The van der Waals surface area contributed by atoms with Crippen LogP contribution in [0.4, 0.5) is 8.78 Å². The number of likely N-dealkylation sites (tertiary alicyclic amines) is 1. The summed E-state index contributed by atoms with van der Waals surface area (Å²) in [4.78, 5) is 7.28. The summed E-state index contributed by atoms with van der Waals surface area (Å²) in [6.07, 6.45) is 7.17. The van der Waals surface area contributed by atoms with Crippen molar-refractivity contribution in [1.82, 2.24) is 14.7 Å². The molecule has 0 saturated carbocycles. The van der Waals surface area contributed by atoms with Crippen LogP contribution in [0.5, 0.6) is 0 Å². The number of benzene rings is 1. The lowest BCUT2D eigenvalue weighted by atomic mass is 10.0. The van der Waals surface area contributed by atoms with Crippen molar-refractivity contribution in [1.29, 1.82) is 0 Å². The van der Waals surface area contributed by atoms with E-state index in [2.05, 4.69) is 27.8 Å². The van der Waals surface area contributed by atoms with Crippen molar-refractivity contribution in [3.63, 3.8) is 0 Å². The van der Waals surface area contributed by atoms with Gasteiger partial charge in [-0.1, -0.05) is 13.0 Å². The van der Waals surface area contributed by atoms with Crippen LogP contribution in [-0.2, 0) is 6.54 Å². The van der Waals surface area contributed by atoms with E-state index < -0.39 is 11.6 Å². The van der Waals surface area contributed by atoms with E-state index >= 15 is 0 Å². The molecule has 1 aromatic rings. The third-order valence-electron chi connectivity index (χ3n) is 5.96. The molecule has 160 valence electrons. The first kappa shape index (κ1) is 21.8. The number of piperidine rings is 1. The van der Waals surface area contributed by atoms with Crippen molar-refractivity contribution in [2.45, 2.75) is 45.7 Å². The summed E-state index contributed by atoms with van der Waals surface area (Å²) in [7, 11) is 0. The molecule has 1 aromatic carbocycles. The second-order valence-corrected chi connectivity index (χ2v) is 8.17. The van der Waals surface area contributed by atoms with E-state index in [1.807, 2.05) is 6.08 Å². The molecule has 0 radical (unpaired) electrons. The van der Waals surface area contributed by atoms with Crippen LogP contribution in [0.2, 0.25) is 0 Å². The predicted octanol–water partition coefficient (Wildman–Crippen LogP) is 4.30. The van der Waals surface area contributed by atoms with E-state index in [0.29, 0.717) is 18.3 Å². The van der Waals surface area contributed by atoms with E-state index in [9.17, 15) is 13.9 Å². The number of nitrogens with zero attached hydrogens (tertiary/aromatic N) is 3. The fourth-order valence-corrected chi connectivity index (χ4v) is 4.30. The maximum atomic E-state index is 13.4. The first-order chi connectivity index (χ1) is 13.9. The number of hydrogen-bond acceptors (Lipinski definition) is 4. The summed E-state index contributed by atoms with van der Waals surface area (Å²) in [5.41, 5.74) is 1.99. The summed E-state index contributed by atoms with van der Waals surface area (Å²) < 4.78 is 26.5. The van der Waals surface area contributed by atoms with Gasteiger partial charge in [-0.3, -0.25) is 9.80 Å². The maximum absolute atomic E-state index is 13.4. The Morgan fingerprint density at radius 1 is 1.07 bits per heavy atom. The summed E-state index contributed by atoms with van der Waals surface area (Å²) in [5, 5.41) is 9.49. The van der Waals surface area contributed by atoms with Crippen LogP contribution in [0.15, 0.2) is 41.8 Å². The molecule has 0 bridgehead atoms. The summed E-state index contributed by atoms with van der Waals surface area (Å²) in [6, 6.07) is 4.81. The fraction of sp³-hybridized carbons (Fsp3) is 0.565. The zero-order chi connectivity index (χ0) is 20.8. The van der Waals surface area contributed by atoms with Gasteiger partial charge in [-0.25, -0.2) is 8.78 Å². The standard InChI is InChI=1S/C23H33F2N3O/c1-3-19(14-18(2)29)16-27-10-12-28(13-11-27)21-6-8-26(9-7-21)17-20-4-5-22(24)23(25)15-20/h4-5,14-16,21,29H,3,6-13,17H2,1-2H3/b18-14+,19-16-. The fourth-order valence-electron chi connectivity index (χ4n) is 4.30. The molecule has 4 nitrogen and oxygen atoms in total. The average Bonchev–Trinajstić information content (AvgIpc) is 2.71. The van der Waals surface area contributed by atoms with Crippen LogP contribution in [-0.4, -0.2) is 65.1 Å². The van der Waals surface area contributed by atoms with Crippen molar-refractivity contribution in [3.05, 3.63) is 59.0 Å². The van der Waals surface area contributed by atoms with Crippen LogP contribution in [0.3, 0.4) is 0 Å². The number of allylic oxidation sites excluding steroid dienone is 3. The average molecular weight is 406 g/mol. The minimum absolute atomic E-state index is 0.354. The van der Waals surface area contributed by atoms with Crippen LogP contribution >= 0.6 is 0 Å². The minimum Gasteiger partial charge on any atom is -0.513 e. The molecule has 0 spiro atoms. The molecule has 29 heavy (non-hydrogen) atoms. The number of aliphatic hydroxyl groups is 1. The molecule has 6 heteroatoms. The molecule has 2 saturated heterocycles. The van der Waals surface area contributed by atoms with Gasteiger partial charge < -0.3 is 10.0 Å². The highest BCUT2D eigenvalue weighted by atomic mass is 19.2. The van der Waals surface area contributed by atoms with Crippen LogP contribution in [0.25, 0.3) is 0 Å². The van der Waals surface area contributed by atoms with Gasteiger partial charge in [0.25, 0.3) is 0 Å². The summed E-state index contributed by atoms with van der Waals surface area (Å²) in [6.45, 7) is 10.6. The van der Waals surface area contributed by atoms with E-state index in [1.165, 1.54) is 12.1 Å². The Balaban J connectivity index is 1.44. The minimum atomic E-state index is -0.782. The Morgan fingerprint density at radius 2 is 1.76 bits per heavy atom. The zero-order valence-corrected chi connectivity index (χ0v) is 17.6. The Morgan fingerprint density at radius 3 is 2.34 bits per heavy atom. The van der Waals surface area contributed by atoms with Crippen LogP contribution in [0.1, 0.15) is 38.7 Å². The monoisotopic (exact) mass is 405 g/mol. The van der Waals surface area contributed by atoms with E-state index in [-0.39, 0.29) is 0 Å². The van der Waals surface area contributed by atoms with Gasteiger partial charge in [0, 0.05) is 45.0 Å². The molecular weight excluding hydrogens is 372 g/mol. The van der Waals surface area contributed by atoms with Crippen molar-refractivity contribution < 1.29 is 13.9 Å². The van der Waals surface area contributed by atoms with E-state index in [0.717, 1.165) is 69.7 Å². The Kier molecular flexibility index (Phi) is 7.67. The number of rotatable bonds is 6. The molecule has 0 aliphatic carbocycles. The van der Waals surface area contributed by atoms with Gasteiger partial charge in [0.2, 0.25) is 0 Å². The van der Waals surface area contributed by atoms with E-state index in [1.54, 1.807) is 13.0 Å². The largest absolute Gasteiger partial charge is 0.513 e. The lowest BCUT2D eigenvalue weighted by Gasteiger charge is -2.42. The van der Waals surface area contributed by atoms with Gasteiger partial charge in [0.15, 0.2) is 11.6 Å². The molecule has 2 aliphatic rings.